The Labute approximate surface area is 177 Å². The molecule has 4 nitrogen and oxygen atoms in total. The van der Waals surface area contributed by atoms with Crippen LogP contribution in [-0.2, 0) is 17.8 Å². The van der Waals surface area contributed by atoms with Gasteiger partial charge in [-0.05, 0) is 49.1 Å². The Balaban J connectivity index is 1.15. The second kappa shape index (κ2) is 9.56. The molecule has 0 spiro atoms. The van der Waals surface area contributed by atoms with Crippen LogP contribution in [0.5, 0.6) is 0 Å². The molecule has 2 aromatic rings. The topological polar surface area (TPSA) is 26.8 Å². The van der Waals surface area contributed by atoms with Crippen LogP contribution < -0.4 is 4.90 Å². The average molecular weight is 414 g/mol. The van der Waals surface area contributed by atoms with Crippen LogP contribution in [0.25, 0.3) is 0 Å². The Kier molecular flexibility index (Phi) is 6.62. The molecule has 0 N–H and O–H groups in total. The Bertz CT molecular complexity index is 881. The van der Waals surface area contributed by atoms with Crippen molar-refractivity contribution in [3.05, 3.63) is 65.2 Å². The Morgan fingerprint density at radius 1 is 0.900 bits per heavy atom. The molecule has 1 amide bonds. The lowest BCUT2D eigenvalue weighted by Crippen LogP contribution is -2.47. The number of halogens is 2. The number of nitrogens with zero attached hydrogens (tertiary/aromatic N) is 3. The summed E-state index contributed by atoms with van der Waals surface area (Å²) in [5.74, 6) is -0.790. The number of piperazine rings is 1. The van der Waals surface area contributed by atoms with Crippen LogP contribution in [0.2, 0.25) is 0 Å². The van der Waals surface area contributed by atoms with Crippen LogP contribution in [0.4, 0.5) is 14.5 Å². The maximum atomic E-state index is 14.0. The van der Waals surface area contributed by atoms with E-state index in [9.17, 15) is 13.6 Å². The highest BCUT2D eigenvalue weighted by Gasteiger charge is 2.21. The molecule has 4 rings (SSSR count). The zero-order valence-corrected chi connectivity index (χ0v) is 17.3. The summed E-state index contributed by atoms with van der Waals surface area (Å²) in [6.45, 7) is 5.68. The minimum Gasteiger partial charge on any atom is -0.367 e. The summed E-state index contributed by atoms with van der Waals surface area (Å²) in [4.78, 5) is 18.9. The van der Waals surface area contributed by atoms with Gasteiger partial charge in [0.05, 0.1) is 5.69 Å². The fourth-order valence-electron chi connectivity index (χ4n) is 4.43. The second-order valence-corrected chi connectivity index (χ2v) is 8.22. The van der Waals surface area contributed by atoms with Crippen molar-refractivity contribution in [1.29, 1.82) is 0 Å². The van der Waals surface area contributed by atoms with Crippen molar-refractivity contribution in [2.45, 2.75) is 32.2 Å². The molecular weight excluding hydrogens is 384 g/mol. The highest BCUT2D eigenvalue weighted by atomic mass is 19.1. The molecule has 0 unspecified atom stereocenters. The van der Waals surface area contributed by atoms with E-state index in [4.69, 9.17) is 0 Å². The Hall–Kier alpha value is -2.47. The number of amides is 1. The van der Waals surface area contributed by atoms with Crippen LogP contribution in [0, 0.1) is 11.6 Å². The van der Waals surface area contributed by atoms with E-state index in [1.807, 2.05) is 15.9 Å². The summed E-state index contributed by atoms with van der Waals surface area (Å²) in [5.41, 5.74) is 3.11. The first-order valence-corrected chi connectivity index (χ1v) is 10.9. The minimum atomic E-state index is -0.543. The monoisotopic (exact) mass is 413 g/mol. The van der Waals surface area contributed by atoms with Gasteiger partial charge in [0.2, 0.25) is 5.91 Å². The highest BCUT2D eigenvalue weighted by molar-refractivity contribution is 5.76. The van der Waals surface area contributed by atoms with E-state index in [1.165, 1.54) is 23.3 Å². The van der Waals surface area contributed by atoms with Gasteiger partial charge in [0.15, 0.2) is 0 Å². The predicted octanol–water partition coefficient (Wildman–Crippen LogP) is 3.84. The number of hydrogen-bond acceptors (Lipinski definition) is 3. The SMILES string of the molecule is O=C(CCCCN1CCN(c2ccc(F)cc2F)CC1)N1CCc2ccccc2C1. The zero-order valence-electron chi connectivity index (χ0n) is 17.3. The molecule has 0 bridgehead atoms. The number of fused-ring (bicyclic) bond motifs is 1. The van der Waals surface area contributed by atoms with Gasteiger partial charge in [-0.2, -0.15) is 0 Å². The highest BCUT2D eigenvalue weighted by Crippen LogP contribution is 2.22. The van der Waals surface area contributed by atoms with Crippen molar-refractivity contribution >= 4 is 11.6 Å². The molecule has 2 aliphatic heterocycles. The van der Waals surface area contributed by atoms with Gasteiger partial charge < -0.3 is 9.80 Å². The van der Waals surface area contributed by atoms with E-state index in [2.05, 4.69) is 23.1 Å². The van der Waals surface area contributed by atoms with E-state index in [1.54, 1.807) is 0 Å². The van der Waals surface area contributed by atoms with Gasteiger partial charge in [-0.25, -0.2) is 8.78 Å². The molecule has 0 saturated carbocycles. The number of carbonyl (C=O) groups is 1. The van der Waals surface area contributed by atoms with Gasteiger partial charge in [0, 0.05) is 51.8 Å². The van der Waals surface area contributed by atoms with Crippen molar-refractivity contribution in [1.82, 2.24) is 9.80 Å². The van der Waals surface area contributed by atoms with Crippen LogP contribution in [0.1, 0.15) is 30.4 Å². The van der Waals surface area contributed by atoms with Crippen molar-refractivity contribution in [2.24, 2.45) is 0 Å². The molecule has 30 heavy (non-hydrogen) atoms. The van der Waals surface area contributed by atoms with Gasteiger partial charge in [0.25, 0.3) is 0 Å². The first-order chi connectivity index (χ1) is 14.6. The van der Waals surface area contributed by atoms with Crippen LogP contribution >= 0.6 is 0 Å². The second-order valence-electron chi connectivity index (χ2n) is 8.22. The molecule has 2 heterocycles. The third-order valence-electron chi connectivity index (χ3n) is 6.22. The third-order valence-corrected chi connectivity index (χ3v) is 6.22. The summed E-state index contributed by atoms with van der Waals surface area (Å²) < 4.78 is 27.1. The minimum absolute atomic E-state index is 0.251. The molecule has 0 atom stereocenters. The molecule has 2 aliphatic rings. The van der Waals surface area contributed by atoms with Crippen LogP contribution in [0.3, 0.4) is 0 Å². The van der Waals surface area contributed by atoms with Crippen molar-refractivity contribution in [2.75, 3.05) is 44.2 Å². The normalized spacial score (nSPS) is 17.1. The Morgan fingerprint density at radius 2 is 1.67 bits per heavy atom. The van der Waals surface area contributed by atoms with Gasteiger partial charge >= 0.3 is 0 Å². The molecule has 0 radical (unpaired) electrons. The molecule has 0 aromatic heterocycles. The third kappa shape index (κ3) is 4.98. The summed E-state index contributed by atoms with van der Waals surface area (Å²) in [5, 5.41) is 0. The molecule has 0 aliphatic carbocycles. The largest absolute Gasteiger partial charge is 0.367 e. The lowest BCUT2D eigenvalue weighted by atomic mass is 9.99. The predicted molar refractivity (Wildman–Crippen MR) is 114 cm³/mol. The number of anilines is 1. The summed E-state index contributed by atoms with van der Waals surface area (Å²) in [7, 11) is 0. The van der Waals surface area contributed by atoms with E-state index in [0.29, 0.717) is 12.1 Å². The molecule has 2 aromatic carbocycles. The number of rotatable bonds is 6. The van der Waals surface area contributed by atoms with E-state index in [-0.39, 0.29) is 5.91 Å². The summed E-state index contributed by atoms with van der Waals surface area (Å²) >= 11 is 0. The molecule has 6 heteroatoms. The van der Waals surface area contributed by atoms with Gasteiger partial charge in [-0.1, -0.05) is 24.3 Å². The smallest absolute Gasteiger partial charge is 0.222 e. The van der Waals surface area contributed by atoms with E-state index in [0.717, 1.165) is 71.1 Å². The number of benzene rings is 2. The molecule has 1 saturated heterocycles. The fourth-order valence-corrected chi connectivity index (χ4v) is 4.43. The molecule has 1 fully saturated rings. The maximum absolute atomic E-state index is 14.0. The Morgan fingerprint density at radius 3 is 2.43 bits per heavy atom. The van der Waals surface area contributed by atoms with Crippen molar-refractivity contribution < 1.29 is 13.6 Å². The number of hydrogen-bond donors (Lipinski definition) is 0. The fraction of sp³-hybridized carbons (Fsp3) is 0.458. The van der Waals surface area contributed by atoms with Crippen LogP contribution in [-0.4, -0.2) is 55.0 Å². The number of unbranched alkanes of at least 4 members (excludes halogenated alkanes) is 1. The standard InChI is InChI=1S/C24H29F2N3O/c25-21-8-9-23(22(26)17-21)28-15-13-27(14-16-28)11-4-3-7-24(30)29-12-10-19-5-1-2-6-20(19)18-29/h1-2,5-6,8-9,17H,3-4,7,10-16,18H2. The number of carbonyl (C=O) groups excluding carboxylic acids is 1. The lowest BCUT2D eigenvalue weighted by Gasteiger charge is -2.36. The van der Waals surface area contributed by atoms with Crippen molar-refractivity contribution in [3.8, 4) is 0 Å². The zero-order chi connectivity index (χ0) is 20.9. The van der Waals surface area contributed by atoms with Crippen molar-refractivity contribution in [3.63, 3.8) is 0 Å². The quantitative estimate of drug-likeness (QED) is 0.674. The summed E-state index contributed by atoms with van der Waals surface area (Å²) in [6.07, 6.45) is 3.43. The summed E-state index contributed by atoms with van der Waals surface area (Å²) in [6, 6.07) is 12.1. The maximum Gasteiger partial charge on any atom is 0.222 e. The first-order valence-electron chi connectivity index (χ1n) is 10.9. The van der Waals surface area contributed by atoms with Gasteiger partial charge in [-0.3, -0.25) is 9.69 Å². The van der Waals surface area contributed by atoms with Crippen LogP contribution in [0.15, 0.2) is 42.5 Å². The molecular formula is C24H29F2N3O. The lowest BCUT2D eigenvalue weighted by molar-refractivity contribution is -0.132. The van der Waals surface area contributed by atoms with Gasteiger partial charge in [0.1, 0.15) is 11.6 Å². The average Bonchev–Trinajstić information content (AvgIpc) is 2.77. The van der Waals surface area contributed by atoms with E-state index < -0.39 is 11.6 Å². The first kappa shape index (κ1) is 20.8. The molecule has 160 valence electrons. The van der Waals surface area contributed by atoms with Gasteiger partial charge in [-0.15, -0.1) is 0 Å². The van der Waals surface area contributed by atoms with E-state index >= 15 is 0 Å².